The van der Waals surface area contributed by atoms with E-state index in [1.165, 1.54) is 0 Å². The van der Waals surface area contributed by atoms with Crippen LogP contribution in [0, 0.1) is 0 Å². The Morgan fingerprint density at radius 2 is 1.58 bits per heavy atom. The van der Waals surface area contributed by atoms with Crippen molar-refractivity contribution in [2.24, 2.45) is 0 Å². The summed E-state index contributed by atoms with van der Waals surface area (Å²) < 4.78 is 25.1. The number of benzene rings is 1. The molecule has 0 spiro atoms. The number of sulfonamides is 1. The fourth-order valence-corrected chi connectivity index (χ4v) is 2.54. The van der Waals surface area contributed by atoms with E-state index in [-0.39, 0.29) is 11.4 Å². The highest BCUT2D eigenvalue weighted by Crippen LogP contribution is 2.16. The molecule has 8 heteroatoms. The number of carboxylic acids is 2. The highest BCUT2D eigenvalue weighted by atomic mass is 32.2. The van der Waals surface area contributed by atoms with Gasteiger partial charge in [-0.3, -0.25) is 4.72 Å². The minimum absolute atomic E-state index is 0.158. The number of carboxylic acid groups (broad SMARTS) is 2. The third-order valence-corrected chi connectivity index (χ3v) is 3.64. The van der Waals surface area contributed by atoms with E-state index in [0.717, 1.165) is 18.2 Å². The van der Waals surface area contributed by atoms with Crippen molar-refractivity contribution in [3.63, 3.8) is 0 Å². The first-order valence-electron chi connectivity index (χ1n) is 5.33. The fraction of sp³-hybridized carbons (Fsp3) is 0.273. The molecule has 0 radical (unpaired) electrons. The third-order valence-electron chi connectivity index (χ3n) is 2.15. The van der Waals surface area contributed by atoms with Gasteiger partial charge in [-0.1, -0.05) is 6.92 Å². The maximum absolute atomic E-state index is 11.5. The molecule has 0 amide bonds. The Balaban J connectivity index is 3.21. The lowest BCUT2D eigenvalue weighted by Crippen LogP contribution is -2.26. The van der Waals surface area contributed by atoms with Crippen LogP contribution in [-0.2, 0) is 10.0 Å². The van der Waals surface area contributed by atoms with Crippen LogP contribution in [0.2, 0.25) is 0 Å². The first-order chi connectivity index (χ1) is 8.75. The second-order valence-electron chi connectivity index (χ2n) is 3.79. The third kappa shape index (κ3) is 4.25. The highest BCUT2D eigenvalue weighted by Gasteiger charge is 2.11. The molecule has 19 heavy (non-hydrogen) atoms. The summed E-state index contributed by atoms with van der Waals surface area (Å²) >= 11 is 0. The zero-order valence-electron chi connectivity index (χ0n) is 10.0. The summed E-state index contributed by atoms with van der Waals surface area (Å²) in [5.74, 6) is -3.39. The molecule has 0 aromatic heterocycles. The molecule has 1 aromatic carbocycles. The quantitative estimate of drug-likeness (QED) is 0.682. The Bertz CT molecular complexity index is 575. The maximum Gasteiger partial charge on any atom is 0.232 e. The van der Waals surface area contributed by atoms with Gasteiger partial charge >= 0.3 is 0 Å². The van der Waals surface area contributed by atoms with E-state index in [9.17, 15) is 28.2 Å². The monoisotopic (exact) mass is 285 g/mol. The van der Waals surface area contributed by atoms with Crippen LogP contribution in [0.5, 0.6) is 0 Å². The zero-order chi connectivity index (χ0) is 14.6. The molecular weight excluding hydrogens is 274 g/mol. The lowest BCUT2D eigenvalue weighted by molar-refractivity contribution is -0.255. The van der Waals surface area contributed by atoms with E-state index in [0.29, 0.717) is 6.42 Å². The SMILES string of the molecule is CCCS(=O)(=O)Nc1cc(C(=O)[O-])cc(C(=O)[O-])c1. The summed E-state index contributed by atoms with van der Waals surface area (Å²) in [5.41, 5.74) is -1.05. The number of carbonyl (C=O) groups excluding carboxylic acids is 2. The molecular formula is C11H11NO6S-2. The first kappa shape index (κ1) is 15.0. The molecule has 1 N–H and O–H groups in total. The van der Waals surface area contributed by atoms with E-state index < -0.39 is 33.1 Å². The largest absolute Gasteiger partial charge is 0.545 e. The van der Waals surface area contributed by atoms with Gasteiger partial charge in [0, 0.05) is 5.69 Å². The van der Waals surface area contributed by atoms with Crippen molar-refractivity contribution >= 4 is 27.6 Å². The number of anilines is 1. The van der Waals surface area contributed by atoms with Crippen LogP contribution in [-0.4, -0.2) is 26.1 Å². The second-order valence-corrected chi connectivity index (χ2v) is 5.64. The number of hydrogen-bond donors (Lipinski definition) is 1. The molecule has 0 saturated heterocycles. The summed E-state index contributed by atoms with van der Waals surface area (Å²) in [6, 6.07) is 2.80. The zero-order valence-corrected chi connectivity index (χ0v) is 10.8. The molecule has 7 nitrogen and oxygen atoms in total. The van der Waals surface area contributed by atoms with E-state index in [1.54, 1.807) is 6.92 Å². The molecule has 0 aliphatic heterocycles. The van der Waals surface area contributed by atoms with Gasteiger partial charge in [0.05, 0.1) is 17.7 Å². The molecule has 0 aliphatic rings. The fourth-order valence-electron chi connectivity index (χ4n) is 1.42. The molecule has 0 unspecified atom stereocenters. The number of rotatable bonds is 6. The Kier molecular flexibility index (Phi) is 4.49. The molecule has 0 fully saturated rings. The highest BCUT2D eigenvalue weighted by molar-refractivity contribution is 7.92. The summed E-state index contributed by atoms with van der Waals surface area (Å²) in [6.45, 7) is 1.66. The average Bonchev–Trinajstić information content (AvgIpc) is 2.27. The average molecular weight is 285 g/mol. The van der Waals surface area contributed by atoms with Crippen LogP contribution in [0.25, 0.3) is 0 Å². The van der Waals surface area contributed by atoms with Crippen molar-refractivity contribution in [2.45, 2.75) is 13.3 Å². The molecule has 0 heterocycles. The van der Waals surface area contributed by atoms with Crippen LogP contribution in [0.3, 0.4) is 0 Å². The number of hydrogen-bond acceptors (Lipinski definition) is 6. The molecule has 1 rings (SSSR count). The summed E-state index contributed by atoms with van der Waals surface area (Å²) in [7, 11) is -3.65. The van der Waals surface area contributed by atoms with E-state index in [1.807, 2.05) is 0 Å². The second kappa shape index (κ2) is 5.70. The van der Waals surface area contributed by atoms with Crippen LogP contribution >= 0.6 is 0 Å². The molecule has 0 bridgehead atoms. The van der Waals surface area contributed by atoms with E-state index in [2.05, 4.69) is 4.72 Å². The number of aromatic carboxylic acids is 2. The van der Waals surface area contributed by atoms with Crippen molar-refractivity contribution in [3.05, 3.63) is 29.3 Å². The summed E-state index contributed by atoms with van der Waals surface area (Å²) in [6.07, 6.45) is 0.364. The van der Waals surface area contributed by atoms with Gasteiger partial charge < -0.3 is 19.8 Å². The van der Waals surface area contributed by atoms with E-state index >= 15 is 0 Å². The minimum Gasteiger partial charge on any atom is -0.545 e. The predicted molar refractivity (Wildman–Crippen MR) is 62.8 cm³/mol. The van der Waals surface area contributed by atoms with Gasteiger partial charge in [-0.2, -0.15) is 0 Å². The Hall–Kier alpha value is -2.09. The molecule has 0 saturated carbocycles. The van der Waals surface area contributed by atoms with Gasteiger partial charge in [0.15, 0.2) is 0 Å². The van der Waals surface area contributed by atoms with Gasteiger partial charge in [0.25, 0.3) is 0 Å². The van der Waals surface area contributed by atoms with Crippen molar-refractivity contribution in [2.75, 3.05) is 10.5 Å². The predicted octanol–water partition coefficient (Wildman–Crippen LogP) is -1.43. The van der Waals surface area contributed by atoms with Crippen LogP contribution in [0.15, 0.2) is 18.2 Å². The van der Waals surface area contributed by atoms with E-state index in [4.69, 9.17) is 0 Å². The van der Waals surface area contributed by atoms with Crippen LogP contribution < -0.4 is 14.9 Å². The molecule has 0 aliphatic carbocycles. The van der Waals surface area contributed by atoms with Gasteiger partial charge in [0.2, 0.25) is 10.0 Å². The van der Waals surface area contributed by atoms with Gasteiger partial charge in [-0.05, 0) is 35.7 Å². The lowest BCUT2D eigenvalue weighted by atomic mass is 10.1. The normalized spacial score (nSPS) is 11.0. The first-order valence-corrected chi connectivity index (χ1v) is 6.98. The lowest BCUT2D eigenvalue weighted by Gasteiger charge is -2.12. The van der Waals surface area contributed by atoms with Crippen LogP contribution in [0.4, 0.5) is 5.69 Å². The number of carbonyl (C=O) groups is 2. The number of nitrogens with one attached hydrogen (secondary N) is 1. The Labute approximate surface area is 109 Å². The smallest absolute Gasteiger partial charge is 0.232 e. The summed E-state index contributed by atoms with van der Waals surface area (Å²) in [5, 5.41) is 21.4. The van der Waals surface area contributed by atoms with Gasteiger partial charge in [-0.15, -0.1) is 0 Å². The molecule has 104 valence electrons. The maximum atomic E-state index is 11.5. The molecule has 1 aromatic rings. The van der Waals surface area contributed by atoms with Crippen LogP contribution in [0.1, 0.15) is 34.1 Å². The van der Waals surface area contributed by atoms with Crippen molar-refractivity contribution in [1.29, 1.82) is 0 Å². The Morgan fingerprint density at radius 1 is 1.11 bits per heavy atom. The standard InChI is InChI=1S/C11H13NO6S/c1-2-3-19(17,18)12-9-5-7(10(13)14)4-8(6-9)11(15)16/h4-6,12H,2-3H2,1H3,(H,13,14)(H,15,16)/p-2. The topological polar surface area (TPSA) is 126 Å². The van der Waals surface area contributed by atoms with Crippen molar-refractivity contribution < 1.29 is 28.2 Å². The van der Waals surface area contributed by atoms with Gasteiger partial charge in [-0.25, -0.2) is 8.42 Å². The van der Waals surface area contributed by atoms with Crippen molar-refractivity contribution in [1.82, 2.24) is 0 Å². The summed E-state index contributed by atoms with van der Waals surface area (Å²) in [4.78, 5) is 21.4. The Morgan fingerprint density at radius 3 is 1.95 bits per heavy atom. The molecule has 0 atom stereocenters. The minimum atomic E-state index is -3.65. The van der Waals surface area contributed by atoms with Gasteiger partial charge in [0.1, 0.15) is 0 Å². The van der Waals surface area contributed by atoms with Crippen molar-refractivity contribution in [3.8, 4) is 0 Å².